The third-order valence-corrected chi connectivity index (χ3v) is 5.62. The zero-order valence-corrected chi connectivity index (χ0v) is 19.3. The molecule has 0 radical (unpaired) electrons. The van der Waals surface area contributed by atoms with Crippen LogP contribution in [0.3, 0.4) is 0 Å². The standard InChI is InChI=1S/C24H32F2N2O7/c25-24(26,17-34-18-8-4-3-5-9-18)13-12-20-19(21(29)16-22(20)30)10-6-1-2-7-11-23(31)27-14-15-35-28(32)33/h1,3-6,8-9,12-13,19-22,29-30H,2,7,10-11,14-17H2,(H,27,31)/b6-1-,13-12+/t19-,20-,21+,22-/m1/s1. The van der Waals surface area contributed by atoms with Crippen LogP contribution >= 0.6 is 0 Å². The van der Waals surface area contributed by atoms with Crippen molar-refractivity contribution in [3.05, 3.63) is 64.8 Å². The Bertz CT molecular complexity index is 852. The summed E-state index contributed by atoms with van der Waals surface area (Å²) in [5.41, 5.74) is 0. The van der Waals surface area contributed by atoms with E-state index in [4.69, 9.17) is 4.74 Å². The molecule has 1 saturated carbocycles. The van der Waals surface area contributed by atoms with E-state index in [1.54, 1.807) is 30.3 Å². The van der Waals surface area contributed by atoms with Gasteiger partial charge in [0, 0.05) is 25.3 Å². The maximum Gasteiger partial charge on any atom is 0.299 e. The summed E-state index contributed by atoms with van der Waals surface area (Å²) in [6, 6.07) is 8.29. The highest BCUT2D eigenvalue weighted by Gasteiger charge is 2.40. The summed E-state index contributed by atoms with van der Waals surface area (Å²) in [5, 5.41) is 32.1. The lowest BCUT2D eigenvalue weighted by Crippen LogP contribution is -2.27. The number of nitrogens with one attached hydrogen (secondary N) is 1. The third kappa shape index (κ3) is 10.8. The van der Waals surface area contributed by atoms with E-state index in [9.17, 15) is 33.9 Å². The highest BCUT2D eigenvalue weighted by atomic mass is 19.3. The maximum absolute atomic E-state index is 14.3. The Morgan fingerprint density at radius 2 is 1.97 bits per heavy atom. The lowest BCUT2D eigenvalue weighted by atomic mass is 9.89. The first kappa shape index (κ1) is 28.2. The highest BCUT2D eigenvalue weighted by Crippen LogP contribution is 2.37. The molecule has 0 saturated heterocycles. The molecule has 1 aliphatic rings. The number of allylic oxidation sites excluding steroid dienone is 2. The summed E-state index contributed by atoms with van der Waals surface area (Å²) in [5.74, 6) is -4.18. The second-order valence-corrected chi connectivity index (χ2v) is 8.34. The van der Waals surface area contributed by atoms with Crippen LogP contribution in [0, 0.1) is 22.0 Å². The number of ether oxygens (including phenoxy) is 1. The monoisotopic (exact) mass is 498 g/mol. The number of aliphatic hydroxyl groups excluding tert-OH is 2. The van der Waals surface area contributed by atoms with Crippen LogP contribution in [-0.2, 0) is 9.63 Å². The van der Waals surface area contributed by atoms with Crippen molar-refractivity contribution >= 4 is 5.91 Å². The average molecular weight is 499 g/mol. The lowest BCUT2D eigenvalue weighted by molar-refractivity contribution is -0.757. The Kier molecular flexibility index (Phi) is 11.6. The number of benzene rings is 1. The van der Waals surface area contributed by atoms with Crippen LogP contribution < -0.4 is 10.1 Å². The first-order chi connectivity index (χ1) is 16.7. The molecule has 0 aliphatic heterocycles. The molecule has 2 rings (SSSR count). The largest absolute Gasteiger partial charge is 0.487 e. The number of hydrogen-bond acceptors (Lipinski definition) is 7. The molecular formula is C24H32F2N2O7. The first-order valence-electron chi connectivity index (χ1n) is 11.5. The van der Waals surface area contributed by atoms with Crippen LogP contribution in [0.25, 0.3) is 0 Å². The van der Waals surface area contributed by atoms with Gasteiger partial charge in [0.2, 0.25) is 5.91 Å². The number of rotatable bonds is 15. The number of aliphatic hydroxyl groups is 2. The van der Waals surface area contributed by atoms with E-state index in [2.05, 4.69) is 10.2 Å². The normalized spacial score (nSPS) is 22.5. The number of alkyl halides is 2. The molecule has 9 nitrogen and oxygen atoms in total. The van der Waals surface area contributed by atoms with Gasteiger partial charge in [0.05, 0.1) is 12.2 Å². The number of amides is 1. The molecule has 0 aromatic heterocycles. The molecule has 0 heterocycles. The minimum atomic E-state index is -3.24. The summed E-state index contributed by atoms with van der Waals surface area (Å²) in [7, 11) is 0. The number of para-hydroxylation sites is 1. The molecule has 194 valence electrons. The molecule has 11 heteroatoms. The summed E-state index contributed by atoms with van der Waals surface area (Å²) >= 11 is 0. The summed E-state index contributed by atoms with van der Waals surface area (Å²) in [4.78, 5) is 25.7. The van der Waals surface area contributed by atoms with Gasteiger partial charge in [-0.2, -0.15) is 8.78 Å². The quantitative estimate of drug-likeness (QED) is 0.147. The topological polar surface area (TPSA) is 131 Å². The molecule has 0 unspecified atom stereocenters. The second kappa shape index (κ2) is 14.4. The smallest absolute Gasteiger partial charge is 0.299 e. The summed E-state index contributed by atoms with van der Waals surface area (Å²) in [6.07, 6.45) is 5.78. The Hall–Kier alpha value is -3.05. The van der Waals surface area contributed by atoms with Gasteiger partial charge >= 0.3 is 0 Å². The molecule has 1 aromatic rings. The Labute approximate surface area is 202 Å². The Balaban J connectivity index is 1.75. The number of carbonyl (C=O) groups excluding carboxylic acids is 1. The summed E-state index contributed by atoms with van der Waals surface area (Å²) < 4.78 is 33.7. The average Bonchev–Trinajstić information content (AvgIpc) is 3.09. The molecule has 1 amide bonds. The zero-order chi connectivity index (χ0) is 25.7. The van der Waals surface area contributed by atoms with E-state index >= 15 is 0 Å². The van der Waals surface area contributed by atoms with Crippen LogP contribution in [0.15, 0.2) is 54.6 Å². The fourth-order valence-corrected chi connectivity index (χ4v) is 3.85. The van der Waals surface area contributed by atoms with E-state index in [-0.39, 0.29) is 31.9 Å². The second-order valence-electron chi connectivity index (χ2n) is 8.34. The predicted molar refractivity (Wildman–Crippen MR) is 123 cm³/mol. The minimum Gasteiger partial charge on any atom is -0.487 e. The van der Waals surface area contributed by atoms with Crippen molar-refractivity contribution in [2.45, 2.75) is 50.2 Å². The van der Waals surface area contributed by atoms with Crippen molar-refractivity contribution in [3.63, 3.8) is 0 Å². The molecule has 0 bridgehead atoms. The fourth-order valence-electron chi connectivity index (χ4n) is 3.85. The minimum absolute atomic E-state index is 0.0455. The molecular weight excluding hydrogens is 466 g/mol. The van der Waals surface area contributed by atoms with Crippen LogP contribution in [0.1, 0.15) is 32.1 Å². The van der Waals surface area contributed by atoms with Gasteiger partial charge in [0.25, 0.3) is 11.0 Å². The fraction of sp³-hybridized carbons (Fsp3) is 0.542. The molecule has 1 fully saturated rings. The summed E-state index contributed by atoms with van der Waals surface area (Å²) in [6.45, 7) is -1.00. The zero-order valence-electron chi connectivity index (χ0n) is 19.3. The molecule has 3 N–H and O–H groups in total. The van der Waals surface area contributed by atoms with Crippen LogP contribution in [0.5, 0.6) is 5.75 Å². The molecule has 4 atom stereocenters. The number of unbranched alkanes of at least 4 members (excludes halogenated alkanes) is 1. The number of halogens is 2. The van der Waals surface area contributed by atoms with Gasteiger partial charge in [0.1, 0.15) is 12.4 Å². The van der Waals surface area contributed by atoms with Gasteiger partial charge in [-0.15, -0.1) is 10.1 Å². The van der Waals surface area contributed by atoms with Crippen molar-refractivity contribution in [2.24, 2.45) is 11.8 Å². The Morgan fingerprint density at radius 3 is 2.69 bits per heavy atom. The van der Waals surface area contributed by atoms with E-state index in [1.807, 2.05) is 12.2 Å². The van der Waals surface area contributed by atoms with Crippen LogP contribution in [0.4, 0.5) is 8.78 Å². The third-order valence-electron chi connectivity index (χ3n) is 5.62. The number of nitrogens with zero attached hydrogens (tertiary/aromatic N) is 1. The van der Waals surface area contributed by atoms with Gasteiger partial charge in [-0.1, -0.05) is 36.4 Å². The van der Waals surface area contributed by atoms with E-state index in [0.29, 0.717) is 25.0 Å². The van der Waals surface area contributed by atoms with Crippen LogP contribution in [0.2, 0.25) is 0 Å². The van der Waals surface area contributed by atoms with Crippen molar-refractivity contribution < 1.29 is 38.4 Å². The van der Waals surface area contributed by atoms with E-state index in [0.717, 1.165) is 6.08 Å². The first-order valence-corrected chi connectivity index (χ1v) is 11.5. The van der Waals surface area contributed by atoms with Gasteiger partial charge in [0.15, 0.2) is 6.61 Å². The maximum atomic E-state index is 14.3. The lowest BCUT2D eigenvalue weighted by Gasteiger charge is -2.20. The Morgan fingerprint density at radius 1 is 1.23 bits per heavy atom. The van der Waals surface area contributed by atoms with Gasteiger partial charge in [-0.3, -0.25) is 4.79 Å². The van der Waals surface area contributed by atoms with Gasteiger partial charge in [-0.05, 0) is 43.4 Å². The SMILES string of the molecule is O=C(CCC/C=C\C[C@@H]1[C@@H](/C=C/C(F)(F)COc2ccccc2)[C@H](O)C[C@@H]1O)NCCO[N+](=O)[O-]. The van der Waals surface area contributed by atoms with E-state index in [1.165, 1.54) is 6.08 Å². The molecule has 1 aliphatic carbocycles. The van der Waals surface area contributed by atoms with Crippen molar-refractivity contribution in [3.8, 4) is 5.75 Å². The predicted octanol–water partition coefficient (Wildman–Crippen LogP) is 3.06. The number of carbonyl (C=O) groups is 1. The molecule has 0 spiro atoms. The van der Waals surface area contributed by atoms with Crippen molar-refractivity contribution in [1.29, 1.82) is 0 Å². The van der Waals surface area contributed by atoms with E-state index < -0.39 is 41.7 Å². The highest BCUT2D eigenvalue weighted by molar-refractivity contribution is 5.75. The van der Waals surface area contributed by atoms with Crippen LogP contribution in [-0.4, -0.2) is 59.1 Å². The van der Waals surface area contributed by atoms with Crippen molar-refractivity contribution in [2.75, 3.05) is 19.8 Å². The molecule has 1 aromatic carbocycles. The van der Waals surface area contributed by atoms with Gasteiger partial charge in [-0.25, -0.2) is 0 Å². The number of hydrogen-bond donors (Lipinski definition) is 3. The van der Waals surface area contributed by atoms with Gasteiger partial charge < -0.3 is 25.1 Å². The molecule has 35 heavy (non-hydrogen) atoms. The van der Waals surface area contributed by atoms with Crippen molar-refractivity contribution in [1.82, 2.24) is 5.32 Å².